The van der Waals surface area contributed by atoms with Crippen molar-refractivity contribution in [3.63, 3.8) is 0 Å². The molecule has 0 bridgehead atoms. The van der Waals surface area contributed by atoms with Crippen molar-refractivity contribution in [2.75, 3.05) is 0 Å². The number of carboxylic acids is 3. The molecule has 0 aliphatic carbocycles. The maximum absolute atomic E-state index is 10.0. The van der Waals surface area contributed by atoms with Gasteiger partial charge in [-0.25, -0.2) is 0 Å². The van der Waals surface area contributed by atoms with Crippen molar-refractivity contribution in [3.05, 3.63) is 30.1 Å². The van der Waals surface area contributed by atoms with Crippen molar-refractivity contribution >= 4 is 17.9 Å². The summed E-state index contributed by atoms with van der Waals surface area (Å²) < 4.78 is 0. The van der Waals surface area contributed by atoms with Crippen molar-refractivity contribution < 1.29 is 29.7 Å². The molecule has 0 atom stereocenters. The van der Waals surface area contributed by atoms with E-state index in [1.807, 2.05) is 0 Å². The Balaban J connectivity index is 0.000000288. The first-order valence-electron chi connectivity index (χ1n) is 3.49. The number of carbonyl (C=O) groups excluding carboxylic acids is 3. The maximum atomic E-state index is 10.0. The summed E-state index contributed by atoms with van der Waals surface area (Å²) in [6.45, 7) is 0. The molecular weight excluding hydrogens is 206 g/mol. The smallest absolute Gasteiger partial charge is 0.0870 e. The zero-order valence-electron chi connectivity index (χ0n) is 7.21. The van der Waals surface area contributed by atoms with E-state index in [2.05, 4.69) is 4.98 Å². The molecule has 80 valence electrons. The number of carbonyl (C=O) groups is 3. The van der Waals surface area contributed by atoms with Gasteiger partial charge in [0.05, 0.1) is 17.9 Å². The summed E-state index contributed by atoms with van der Waals surface area (Å²) in [5.74, 6) is -5.56. The first-order valence-corrected chi connectivity index (χ1v) is 3.49. The second-order valence-electron chi connectivity index (χ2n) is 2.10. The van der Waals surface area contributed by atoms with Crippen LogP contribution in [0.2, 0.25) is 0 Å². The van der Waals surface area contributed by atoms with Crippen LogP contribution in [0.3, 0.4) is 0 Å². The van der Waals surface area contributed by atoms with E-state index in [0.717, 1.165) is 0 Å². The van der Waals surface area contributed by atoms with Gasteiger partial charge >= 0.3 is 0 Å². The molecule has 1 aromatic heterocycles. The van der Waals surface area contributed by atoms with E-state index in [4.69, 9.17) is 19.8 Å². The zero-order valence-corrected chi connectivity index (χ0v) is 7.21. The van der Waals surface area contributed by atoms with Crippen LogP contribution >= 0.6 is 0 Å². The van der Waals surface area contributed by atoms with Gasteiger partial charge in [-0.1, -0.05) is 6.07 Å². The molecule has 0 saturated heterocycles. The second-order valence-corrected chi connectivity index (χ2v) is 2.10. The van der Waals surface area contributed by atoms with Gasteiger partial charge in [-0.3, -0.25) is 4.98 Å². The van der Waals surface area contributed by atoms with Crippen molar-refractivity contribution in [2.24, 2.45) is 0 Å². The van der Waals surface area contributed by atoms with Gasteiger partial charge in [-0.15, -0.1) is 0 Å². The number of aliphatic carboxylic acids is 2. The summed E-state index contributed by atoms with van der Waals surface area (Å²) in [7, 11) is 0. The van der Waals surface area contributed by atoms with E-state index in [1.165, 1.54) is 18.5 Å². The minimum Gasteiger partial charge on any atom is -0.545 e. The lowest BCUT2D eigenvalue weighted by Gasteiger charge is -1.97. The largest absolute Gasteiger partial charge is 0.545 e. The topological polar surface area (TPSA) is 133 Å². The average molecular weight is 210 g/mol. The van der Waals surface area contributed by atoms with Gasteiger partial charge < -0.3 is 29.7 Å². The third-order valence-corrected chi connectivity index (χ3v) is 1.06. The number of rotatable bonds is 1. The molecule has 15 heavy (non-hydrogen) atoms. The molecule has 0 amide bonds. The summed E-state index contributed by atoms with van der Waals surface area (Å²) in [6.07, 6.45) is 2.75. The van der Waals surface area contributed by atoms with Crippen LogP contribution in [0.15, 0.2) is 24.5 Å². The summed E-state index contributed by atoms with van der Waals surface area (Å²) in [4.78, 5) is 31.5. The molecule has 1 rings (SSSR count). The van der Waals surface area contributed by atoms with Crippen molar-refractivity contribution in [3.8, 4) is 0 Å². The fraction of sp³-hybridized carbons (Fsp3) is 0. The predicted molar refractivity (Wildman–Crippen MR) is 38.6 cm³/mol. The number of nitrogens with zero attached hydrogens (tertiary/aromatic N) is 1. The predicted octanol–water partition coefficient (Wildman–Crippen LogP) is -4.07. The lowest BCUT2D eigenvalue weighted by molar-refractivity contribution is -0.345. The van der Waals surface area contributed by atoms with E-state index in [9.17, 15) is 9.90 Å². The Bertz CT molecular complexity index is 349. The number of aromatic carboxylic acids is 1. The van der Waals surface area contributed by atoms with Crippen LogP contribution in [-0.2, 0) is 9.59 Å². The summed E-state index contributed by atoms with van der Waals surface area (Å²) in [6, 6.07) is 2.98. The third kappa shape index (κ3) is 5.75. The highest BCUT2D eigenvalue weighted by molar-refractivity contribution is 6.25. The quantitative estimate of drug-likeness (QED) is 0.430. The molecule has 1 aromatic rings. The standard InChI is InChI=1S/C6H5NO2.C2H2O4/c8-6(9)5-2-1-3-7-4-5;3-1(4)2(5)6/h1-4H,(H,8,9);(H,3,4)(H,5,6)/p-3. The van der Waals surface area contributed by atoms with Gasteiger partial charge in [-0.2, -0.15) is 0 Å². The summed E-state index contributed by atoms with van der Waals surface area (Å²) >= 11 is 0. The van der Waals surface area contributed by atoms with Crippen LogP contribution in [-0.4, -0.2) is 22.9 Å². The monoisotopic (exact) mass is 210 g/mol. The Morgan fingerprint density at radius 3 is 1.80 bits per heavy atom. The van der Waals surface area contributed by atoms with Gasteiger partial charge in [-0.05, 0) is 6.07 Å². The fourth-order valence-corrected chi connectivity index (χ4v) is 0.484. The molecular formula is C8H4NO6-3. The highest BCUT2D eigenvalue weighted by atomic mass is 16.4. The van der Waals surface area contributed by atoms with Crippen LogP contribution in [0.1, 0.15) is 10.4 Å². The number of aromatic nitrogens is 1. The van der Waals surface area contributed by atoms with E-state index in [0.29, 0.717) is 0 Å². The van der Waals surface area contributed by atoms with Gasteiger partial charge in [0.1, 0.15) is 0 Å². The second kappa shape index (κ2) is 6.08. The van der Waals surface area contributed by atoms with E-state index in [1.54, 1.807) is 6.07 Å². The Kier molecular flexibility index (Phi) is 5.09. The molecule has 0 saturated carbocycles. The molecule has 7 nitrogen and oxygen atoms in total. The number of hydrogen-bond donors (Lipinski definition) is 0. The minimum atomic E-state index is -2.19. The lowest BCUT2D eigenvalue weighted by atomic mass is 10.3. The van der Waals surface area contributed by atoms with E-state index in [-0.39, 0.29) is 5.56 Å². The van der Waals surface area contributed by atoms with Crippen molar-refractivity contribution in [2.45, 2.75) is 0 Å². The molecule has 1 heterocycles. The van der Waals surface area contributed by atoms with Crippen LogP contribution in [0, 0.1) is 0 Å². The molecule has 0 aromatic carbocycles. The van der Waals surface area contributed by atoms with Gasteiger partial charge in [0, 0.05) is 18.0 Å². The first kappa shape index (κ1) is 12.6. The van der Waals surface area contributed by atoms with Crippen LogP contribution in [0.5, 0.6) is 0 Å². The Morgan fingerprint density at radius 2 is 1.60 bits per heavy atom. The van der Waals surface area contributed by atoms with Crippen LogP contribution in [0.25, 0.3) is 0 Å². The molecule has 0 aliphatic rings. The normalized spacial score (nSPS) is 8.27. The lowest BCUT2D eigenvalue weighted by Crippen LogP contribution is -2.42. The highest BCUT2D eigenvalue weighted by Crippen LogP contribution is 1.90. The van der Waals surface area contributed by atoms with E-state index < -0.39 is 17.9 Å². The highest BCUT2D eigenvalue weighted by Gasteiger charge is 1.87. The molecule has 7 heteroatoms. The van der Waals surface area contributed by atoms with Crippen LogP contribution in [0.4, 0.5) is 0 Å². The van der Waals surface area contributed by atoms with E-state index >= 15 is 0 Å². The number of carboxylic acid groups (broad SMARTS) is 3. The zero-order chi connectivity index (χ0) is 11.8. The maximum Gasteiger partial charge on any atom is 0.0870 e. The van der Waals surface area contributed by atoms with Gasteiger partial charge in [0.25, 0.3) is 0 Å². The molecule has 0 aliphatic heterocycles. The summed E-state index contributed by atoms with van der Waals surface area (Å²) in [5, 5.41) is 27.9. The Morgan fingerprint density at radius 1 is 1.07 bits per heavy atom. The third-order valence-electron chi connectivity index (χ3n) is 1.06. The number of pyridine rings is 1. The molecule has 0 fully saturated rings. The minimum absolute atomic E-state index is 0.109. The molecule has 0 radical (unpaired) electrons. The summed E-state index contributed by atoms with van der Waals surface area (Å²) in [5.41, 5.74) is 0.109. The molecule has 0 unspecified atom stereocenters. The Hall–Kier alpha value is -2.44. The molecule has 0 spiro atoms. The fourth-order valence-electron chi connectivity index (χ4n) is 0.484. The Labute approximate surface area is 83.6 Å². The van der Waals surface area contributed by atoms with Crippen molar-refractivity contribution in [1.82, 2.24) is 4.98 Å². The van der Waals surface area contributed by atoms with Gasteiger partial charge in [0.2, 0.25) is 0 Å². The van der Waals surface area contributed by atoms with Gasteiger partial charge in [0.15, 0.2) is 0 Å². The SMILES string of the molecule is O=C([O-])C(=O)[O-].O=C([O-])c1cccnc1. The van der Waals surface area contributed by atoms with Crippen LogP contribution < -0.4 is 15.3 Å². The van der Waals surface area contributed by atoms with Crippen molar-refractivity contribution in [1.29, 1.82) is 0 Å². The number of hydrogen-bond acceptors (Lipinski definition) is 7. The first-order chi connectivity index (χ1) is 6.95. The molecule has 0 N–H and O–H groups in total. The average Bonchev–Trinajstić information content (AvgIpc) is 2.20.